The Kier molecular flexibility index (Phi) is 3.43. The summed E-state index contributed by atoms with van der Waals surface area (Å²) in [5.74, 6) is -1.10. The third-order valence-electron chi connectivity index (χ3n) is 3.07. The molecular formula is C16H8BrFO3. The Balaban J connectivity index is 2.19. The van der Waals surface area contributed by atoms with Crippen LogP contribution in [0.5, 0.6) is 0 Å². The standard InChI is InChI=1S/C16H8BrFO3/c17-10-4-5-14-12(7-10)16(20)13(8-21-14)15(19)9-2-1-3-11(18)6-9/h1-8H. The van der Waals surface area contributed by atoms with Gasteiger partial charge in [0.25, 0.3) is 0 Å². The highest BCUT2D eigenvalue weighted by atomic mass is 79.9. The third-order valence-corrected chi connectivity index (χ3v) is 3.56. The fourth-order valence-electron chi connectivity index (χ4n) is 2.05. The van der Waals surface area contributed by atoms with Gasteiger partial charge in [-0.1, -0.05) is 28.1 Å². The minimum absolute atomic E-state index is 0.108. The number of benzene rings is 2. The minimum Gasteiger partial charge on any atom is -0.463 e. The summed E-state index contributed by atoms with van der Waals surface area (Å²) in [6.07, 6.45) is 1.12. The SMILES string of the molecule is O=C(c1cccc(F)c1)c1coc2ccc(Br)cc2c1=O. The van der Waals surface area contributed by atoms with Gasteiger partial charge in [0.2, 0.25) is 5.43 Å². The number of carbonyl (C=O) groups excluding carboxylic acids is 1. The summed E-state index contributed by atoms with van der Waals surface area (Å²) in [6, 6.07) is 10.2. The lowest BCUT2D eigenvalue weighted by Gasteiger charge is -2.03. The van der Waals surface area contributed by atoms with E-state index in [9.17, 15) is 14.0 Å². The van der Waals surface area contributed by atoms with Crippen molar-refractivity contribution in [2.24, 2.45) is 0 Å². The minimum atomic E-state index is -0.565. The van der Waals surface area contributed by atoms with Crippen LogP contribution in [0.15, 0.2) is 62.4 Å². The first-order chi connectivity index (χ1) is 10.1. The van der Waals surface area contributed by atoms with Gasteiger partial charge in [0.1, 0.15) is 23.2 Å². The molecule has 0 amide bonds. The summed E-state index contributed by atoms with van der Waals surface area (Å²) in [7, 11) is 0. The zero-order valence-corrected chi connectivity index (χ0v) is 12.2. The van der Waals surface area contributed by atoms with E-state index in [2.05, 4.69) is 15.9 Å². The number of ketones is 1. The van der Waals surface area contributed by atoms with Gasteiger partial charge in [-0.05, 0) is 30.3 Å². The van der Waals surface area contributed by atoms with E-state index in [1.165, 1.54) is 18.2 Å². The van der Waals surface area contributed by atoms with Gasteiger partial charge >= 0.3 is 0 Å². The molecule has 0 aliphatic carbocycles. The summed E-state index contributed by atoms with van der Waals surface area (Å²) in [4.78, 5) is 24.7. The van der Waals surface area contributed by atoms with Crippen molar-refractivity contribution in [2.45, 2.75) is 0 Å². The summed E-state index contributed by atoms with van der Waals surface area (Å²) in [5, 5.41) is 0.298. The first-order valence-corrected chi connectivity index (χ1v) is 6.87. The lowest BCUT2D eigenvalue weighted by Crippen LogP contribution is -2.15. The normalized spacial score (nSPS) is 10.8. The molecule has 0 N–H and O–H groups in total. The molecule has 0 aliphatic rings. The highest BCUT2D eigenvalue weighted by molar-refractivity contribution is 9.10. The number of rotatable bonds is 2. The Hall–Kier alpha value is -2.27. The van der Waals surface area contributed by atoms with Gasteiger partial charge in [-0.3, -0.25) is 9.59 Å². The molecule has 2 aromatic carbocycles. The Morgan fingerprint density at radius 3 is 2.71 bits per heavy atom. The van der Waals surface area contributed by atoms with Crippen LogP contribution < -0.4 is 5.43 Å². The Morgan fingerprint density at radius 2 is 1.95 bits per heavy atom. The topological polar surface area (TPSA) is 47.3 Å². The molecule has 0 saturated heterocycles. The Labute approximate surface area is 127 Å². The molecule has 0 unspecified atom stereocenters. The summed E-state index contributed by atoms with van der Waals surface area (Å²) >= 11 is 3.27. The summed E-state index contributed by atoms with van der Waals surface area (Å²) in [6.45, 7) is 0. The molecule has 0 atom stereocenters. The molecule has 0 fully saturated rings. The Morgan fingerprint density at radius 1 is 1.14 bits per heavy atom. The van der Waals surface area contributed by atoms with Crippen molar-refractivity contribution >= 4 is 32.7 Å². The molecule has 0 bridgehead atoms. The largest absolute Gasteiger partial charge is 0.463 e. The van der Waals surface area contributed by atoms with E-state index in [-0.39, 0.29) is 11.1 Å². The number of hydrogen-bond acceptors (Lipinski definition) is 3. The van der Waals surface area contributed by atoms with E-state index in [1.807, 2.05) is 0 Å². The fourth-order valence-corrected chi connectivity index (χ4v) is 2.41. The maximum atomic E-state index is 13.2. The van der Waals surface area contributed by atoms with Gasteiger partial charge in [-0.15, -0.1) is 0 Å². The van der Waals surface area contributed by atoms with Gasteiger partial charge < -0.3 is 4.42 Å². The molecule has 0 saturated carbocycles. The number of carbonyl (C=O) groups is 1. The lowest BCUT2D eigenvalue weighted by molar-refractivity contribution is 0.103. The van der Waals surface area contributed by atoms with E-state index in [0.29, 0.717) is 15.4 Å². The second-order valence-electron chi connectivity index (χ2n) is 4.46. The molecule has 1 aromatic heterocycles. The van der Waals surface area contributed by atoms with Crippen LogP contribution in [0.2, 0.25) is 0 Å². The molecule has 3 aromatic rings. The van der Waals surface area contributed by atoms with Gasteiger partial charge in [0.15, 0.2) is 5.78 Å². The third kappa shape index (κ3) is 2.52. The van der Waals surface area contributed by atoms with Crippen molar-refractivity contribution in [1.29, 1.82) is 0 Å². The predicted octanol–water partition coefficient (Wildman–Crippen LogP) is 3.93. The monoisotopic (exact) mass is 346 g/mol. The van der Waals surface area contributed by atoms with Crippen LogP contribution in [0.3, 0.4) is 0 Å². The maximum Gasteiger partial charge on any atom is 0.203 e. The molecule has 0 radical (unpaired) electrons. The summed E-state index contributed by atoms with van der Waals surface area (Å²) in [5.41, 5.74) is -0.0614. The summed E-state index contributed by atoms with van der Waals surface area (Å²) < 4.78 is 19.2. The average Bonchev–Trinajstić information content (AvgIpc) is 2.47. The smallest absolute Gasteiger partial charge is 0.203 e. The first-order valence-electron chi connectivity index (χ1n) is 6.07. The second kappa shape index (κ2) is 5.26. The fraction of sp³-hybridized carbons (Fsp3) is 0. The molecule has 0 spiro atoms. The van der Waals surface area contributed by atoms with Crippen molar-refractivity contribution in [3.05, 3.63) is 80.4 Å². The van der Waals surface area contributed by atoms with Crippen LogP contribution in [0.25, 0.3) is 11.0 Å². The molecule has 21 heavy (non-hydrogen) atoms. The van der Waals surface area contributed by atoms with Crippen LogP contribution in [0, 0.1) is 5.82 Å². The first kappa shape index (κ1) is 13.7. The number of halogens is 2. The molecule has 3 rings (SSSR count). The zero-order chi connectivity index (χ0) is 15.0. The van der Waals surface area contributed by atoms with Gasteiger partial charge in [0, 0.05) is 10.0 Å². The molecule has 104 valence electrons. The molecule has 3 nitrogen and oxygen atoms in total. The average molecular weight is 347 g/mol. The van der Waals surface area contributed by atoms with Crippen LogP contribution in [-0.4, -0.2) is 5.78 Å². The van der Waals surface area contributed by atoms with Gasteiger partial charge in [0.05, 0.1) is 5.39 Å². The van der Waals surface area contributed by atoms with E-state index >= 15 is 0 Å². The van der Waals surface area contributed by atoms with Crippen LogP contribution in [0.1, 0.15) is 15.9 Å². The molecule has 1 heterocycles. The van der Waals surface area contributed by atoms with Crippen molar-refractivity contribution < 1.29 is 13.6 Å². The zero-order valence-electron chi connectivity index (χ0n) is 10.6. The van der Waals surface area contributed by atoms with E-state index in [4.69, 9.17) is 4.42 Å². The second-order valence-corrected chi connectivity index (χ2v) is 5.37. The van der Waals surface area contributed by atoms with Crippen molar-refractivity contribution in [1.82, 2.24) is 0 Å². The van der Waals surface area contributed by atoms with Crippen LogP contribution in [-0.2, 0) is 0 Å². The van der Waals surface area contributed by atoms with Crippen LogP contribution in [0.4, 0.5) is 4.39 Å². The highest BCUT2D eigenvalue weighted by Gasteiger charge is 2.16. The maximum absolute atomic E-state index is 13.2. The van der Waals surface area contributed by atoms with Crippen molar-refractivity contribution in [2.75, 3.05) is 0 Å². The highest BCUT2D eigenvalue weighted by Crippen LogP contribution is 2.18. The van der Waals surface area contributed by atoms with E-state index < -0.39 is 17.0 Å². The van der Waals surface area contributed by atoms with Crippen LogP contribution >= 0.6 is 15.9 Å². The van der Waals surface area contributed by atoms with Crippen molar-refractivity contribution in [3.63, 3.8) is 0 Å². The van der Waals surface area contributed by atoms with Gasteiger partial charge in [-0.25, -0.2) is 4.39 Å². The molecular weight excluding hydrogens is 339 g/mol. The molecule has 5 heteroatoms. The lowest BCUT2D eigenvalue weighted by atomic mass is 10.0. The van der Waals surface area contributed by atoms with E-state index in [1.54, 1.807) is 18.2 Å². The van der Waals surface area contributed by atoms with Gasteiger partial charge in [-0.2, -0.15) is 0 Å². The van der Waals surface area contributed by atoms with E-state index in [0.717, 1.165) is 12.3 Å². The number of fused-ring (bicyclic) bond motifs is 1. The quantitative estimate of drug-likeness (QED) is 0.660. The Bertz CT molecular complexity index is 915. The number of hydrogen-bond donors (Lipinski definition) is 0. The molecule has 0 aliphatic heterocycles. The predicted molar refractivity (Wildman–Crippen MR) is 80.0 cm³/mol. The van der Waals surface area contributed by atoms with Crippen molar-refractivity contribution in [3.8, 4) is 0 Å².